The molecular formula is C15H21N3O3. The van der Waals surface area contributed by atoms with Crippen LogP contribution in [0, 0.1) is 5.92 Å². The van der Waals surface area contributed by atoms with Gasteiger partial charge < -0.3 is 21.5 Å². The molecule has 114 valence electrons. The molecule has 2 rings (SSSR count). The van der Waals surface area contributed by atoms with Crippen LogP contribution in [0.2, 0.25) is 0 Å². The van der Waals surface area contributed by atoms with E-state index in [9.17, 15) is 14.7 Å². The van der Waals surface area contributed by atoms with Gasteiger partial charge in [0.1, 0.15) is 0 Å². The fourth-order valence-corrected chi connectivity index (χ4v) is 2.63. The number of hydrogen-bond acceptors (Lipinski definition) is 4. The summed E-state index contributed by atoms with van der Waals surface area (Å²) in [5, 5.41) is 15.9. The number of carbonyl (C=O) groups excluding carboxylic acids is 2. The molecule has 1 aliphatic rings. The number of nitrogens with one attached hydrogen (secondary N) is 2. The van der Waals surface area contributed by atoms with Gasteiger partial charge in [0.05, 0.1) is 12.0 Å². The summed E-state index contributed by atoms with van der Waals surface area (Å²) in [5.74, 6) is -1.07. The smallest absolute Gasteiger partial charge is 0.225 e. The number of aryl methyl sites for hydroxylation is 1. The highest BCUT2D eigenvalue weighted by Crippen LogP contribution is 2.35. The van der Waals surface area contributed by atoms with Crippen LogP contribution in [-0.4, -0.2) is 30.5 Å². The number of fused-ring (bicyclic) bond motifs is 1. The van der Waals surface area contributed by atoms with Crippen molar-refractivity contribution in [2.45, 2.75) is 25.4 Å². The summed E-state index contributed by atoms with van der Waals surface area (Å²) in [5.41, 5.74) is 7.67. The number of anilines is 1. The van der Waals surface area contributed by atoms with E-state index in [1.54, 1.807) is 19.2 Å². The third-order valence-corrected chi connectivity index (χ3v) is 3.82. The second-order valence-electron chi connectivity index (χ2n) is 5.31. The number of aliphatic hydroxyl groups is 1. The highest BCUT2D eigenvalue weighted by molar-refractivity contribution is 5.91. The van der Waals surface area contributed by atoms with Gasteiger partial charge in [-0.1, -0.05) is 6.07 Å². The number of carbonyl (C=O) groups is 2. The third kappa shape index (κ3) is 3.59. The van der Waals surface area contributed by atoms with Crippen molar-refractivity contribution in [3.05, 3.63) is 29.3 Å². The Morgan fingerprint density at radius 3 is 2.86 bits per heavy atom. The Balaban J connectivity index is 2.10. The molecule has 0 fully saturated rings. The Morgan fingerprint density at radius 1 is 1.43 bits per heavy atom. The molecule has 2 amide bonds. The second kappa shape index (κ2) is 6.69. The maximum Gasteiger partial charge on any atom is 0.225 e. The zero-order valence-electron chi connectivity index (χ0n) is 12.1. The molecule has 2 unspecified atom stereocenters. The first kappa shape index (κ1) is 15.5. The molecule has 0 bridgehead atoms. The van der Waals surface area contributed by atoms with Crippen LogP contribution in [0.3, 0.4) is 0 Å². The molecule has 0 heterocycles. The first-order chi connectivity index (χ1) is 10.0. The van der Waals surface area contributed by atoms with E-state index in [0.717, 1.165) is 11.1 Å². The van der Waals surface area contributed by atoms with E-state index >= 15 is 0 Å². The van der Waals surface area contributed by atoms with Crippen molar-refractivity contribution in [3.63, 3.8) is 0 Å². The molecule has 21 heavy (non-hydrogen) atoms. The van der Waals surface area contributed by atoms with E-state index in [1.807, 2.05) is 6.07 Å². The maximum absolute atomic E-state index is 11.7. The lowest BCUT2D eigenvalue weighted by Gasteiger charge is -2.28. The Bertz CT molecular complexity index is 545. The van der Waals surface area contributed by atoms with Gasteiger partial charge in [0, 0.05) is 18.7 Å². The topological polar surface area (TPSA) is 104 Å². The van der Waals surface area contributed by atoms with Crippen LogP contribution in [-0.2, 0) is 16.0 Å². The molecule has 5 N–H and O–H groups in total. The van der Waals surface area contributed by atoms with Gasteiger partial charge in [-0.2, -0.15) is 0 Å². The van der Waals surface area contributed by atoms with E-state index in [1.165, 1.54) is 0 Å². The molecule has 6 nitrogen and oxygen atoms in total. The Kier molecular flexibility index (Phi) is 4.93. The summed E-state index contributed by atoms with van der Waals surface area (Å²) >= 11 is 0. The van der Waals surface area contributed by atoms with Gasteiger partial charge in [0.15, 0.2) is 0 Å². The zero-order chi connectivity index (χ0) is 15.4. The average Bonchev–Trinajstić information content (AvgIpc) is 2.45. The Morgan fingerprint density at radius 2 is 2.19 bits per heavy atom. The molecule has 0 aliphatic heterocycles. The largest absolute Gasteiger partial charge is 0.388 e. The first-order valence-electron chi connectivity index (χ1n) is 7.07. The van der Waals surface area contributed by atoms with E-state index in [0.29, 0.717) is 31.5 Å². The molecule has 0 aromatic heterocycles. The molecular weight excluding hydrogens is 270 g/mol. The molecule has 1 aromatic rings. The lowest BCUT2D eigenvalue weighted by atomic mass is 9.81. The van der Waals surface area contributed by atoms with Crippen molar-refractivity contribution in [1.82, 2.24) is 5.32 Å². The van der Waals surface area contributed by atoms with Crippen LogP contribution in [0.1, 0.15) is 30.1 Å². The number of rotatable bonds is 5. The van der Waals surface area contributed by atoms with E-state index in [2.05, 4.69) is 10.6 Å². The summed E-state index contributed by atoms with van der Waals surface area (Å²) in [6, 6.07) is 5.35. The van der Waals surface area contributed by atoms with Crippen molar-refractivity contribution >= 4 is 17.5 Å². The van der Waals surface area contributed by atoms with Gasteiger partial charge in [-0.25, -0.2) is 0 Å². The average molecular weight is 291 g/mol. The predicted molar refractivity (Wildman–Crippen MR) is 79.6 cm³/mol. The van der Waals surface area contributed by atoms with Crippen LogP contribution >= 0.6 is 0 Å². The molecule has 0 saturated heterocycles. The molecule has 0 spiro atoms. The number of amides is 2. The number of hydrogen-bond donors (Lipinski definition) is 4. The maximum atomic E-state index is 11.7. The summed E-state index contributed by atoms with van der Waals surface area (Å²) in [6.07, 6.45) is 0.737. The lowest BCUT2D eigenvalue weighted by Crippen LogP contribution is -2.32. The van der Waals surface area contributed by atoms with Crippen molar-refractivity contribution in [2.24, 2.45) is 11.7 Å². The number of aliphatic hydroxyl groups excluding tert-OH is 1. The standard InChI is InChI=1S/C15H21N3O3/c1-17-7-6-13(19)18-10-3-5-11-9(8-10)2-4-12(14(11)20)15(16)21/h3,5,8,12,14,17,20H,2,4,6-7H2,1H3,(H2,16,21)(H,18,19). The van der Waals surface area contributed by atoms with E-state index < -0.39 is 17.9 Å². The lowest BCUT2D eigenvalue weighted by molar-refractivity contribution is -0.126. The van der Waals surface area contributed by atoms with Crippen molar-refractivity contribution in [2.75, 3.05) is 18.9 Å². The molecule has 0 saturated carbocycles. The van der Waals surface area contributed by atoms with Crippen molar-refractivity contribution in [3.8, 4) is 0 Å². The van der Waals surface area contributed by atoms with Gasteiger partial charge in [0.25, 0.3) is 0 Å². The molecule has 1 aliphatic carbocycles. The number of primary amides is 1. The van der Waals surface area contributed by atoms with E-state index in [4.69, 9.17) is 5.73 Å². The second-order valence-corrected chi connectivity index (χ2v) is 5.31. The SMILES string of the molecule is CNCCC(=O)Nc1ccc2c(c1)CCC(C(N)=O)C2O. The summed E-state index contributed by atoms with van der Waals surface area (Å²) in [6.45, 7) is 0.621. The van der Waals surface area contributed by atoms with Crippen LogP contribution in [0.4, 0.5) is 5.69 Å². The molecule has 0 radical (unpaired) electrons. The van der Waals surface area contributed by atoms with Crippen LogP contribution < -0.4 is 16.4 Å². The van der Waals surface area contributed by atoms with Crippen molar-refractivity contribution in [1.29, 1.82) is 0 Å². The first-order valence-corrected chi connectivity index (χ1v) is 7.07. The Hall–Kier alpha value is -1.92. The normalized spacial score (nSPS) is 20.7. The molecule has 2 atom stereocenters. The van der Waals surface area contributed by atoms with Gasteiger partial charge in [-0.05, 0) is 43.1 Å². The number of nitrogens with two attached hydrogens (primary N) is 1. The fourth-order valence-electron chi connectivity index (χ4n) is 2.63. The quantitative estimate of drug-likeness (QED) is 0.627. The highest BCUT2D eigenvalue weighted by atomic mass is 16.3. The third-order valence-electron chi connectivity index (χ3n) is 3.82. The predicted octanol–water partition coefficient (Wildman–Crippen LogP) is 0.316. The highest BCUT2D eigenvalue weighted by Gasteiger charge is 2.31. The fraction of sp³-hybridized carbons (Fsp3) is 0.467. The molecule has 6 heteroatoms. The minimum atomic E-state index is -0.861. The summed E-state index contributed by atoms with van der Waals surface area (Å²) in [4.78, 5) is 23.0. The van der Waals surface area contributed by atoms with Gasteiger partial charge in [-0.15, -0.1) is 0 Å². The molecule has 1 aromatic carbocycles. The van der Waals surface area contributed by atoms with Crippen LogP contribution in [0.5, 0.6) is 0 Å². The minimum absolute atomic E-state index is 0.0596. The summed E-state index contributed by atoms with van der Waals surface area (Å²) < 4.78 is 0. The van der Waals surface area contributed by atoms with Gasteiger partial charge in [-0.3, -0.25) is 9.59 Å². The van der Waals surface area contributed by atoms with Crippen LogP contribution in [0.15, 0.2) is 18.2 Å². The van der Waals surface area contributed by atoms with E-state index in [-0.39, 0.29) is 5.91 Å². The van der Waals surface area contributed by atoms with Gasteiger partial charge in [0.2, 0.25) is 11.8 Å². The van der Waals surface area contributed by atoms with Gasteiger partial charge >= 0.3 is 0 Å². The zero-order valence-corrected chi connectivity index (χ0v) is 12.1. The van der Waals surface area contributed by atoms with Crippen LogP contribution in [0.25, 0.3) is 0 Å². The minimum Gasteiger partial charge on any atom is -0.388 e. The Labute approximate surface area is 123 Å². The summed E-state index contributed by atoms with van der Waals surface area (Å²) in [7, 11) is 1.79. The monoisotopic (exact) mass is 291 g/mol. The number of benzene rings is 1. The van der Waals surface area contributed by atoms with Crippen molar-refractivity contribution < 1.29 is 14.7 Å².